The Hall–Kier alpha value is -3.60. The van der Waals surface area contributed by atoms with E-state index in [0.29, 0.717) is 40.7 Å². The number of nitrogens with zero attached hydrogens (tertiary/aromatic N) is 3. The summed E-state index contributed by atoms with van der Waals surface area (Å²) in [6.07, 6.45) is -4.30. The number of hydrogen-bond acceptors (Lipinski definition) is 5. The maximum atomic E-state index is 14.4. The van der Waals surface area contributed by atoms with Crippen LogP contribution in [0, 0.1) is 11.6 Å². The minimum absolute atomic E-state index is 0.0135. The van der Waals surface area contributed by atoms with E-state index in [2.05, 4.69) is 10.2 Å². The fourth-order valence-corrected chi connectivity index (χ4v) is 4.47. The van der Waals surface area contributed by atoms with Crippen LogP contribution in [0.3, 0.4) is 0 Å². The zero-order valence-corrected chi connectivity index (χ0v) is 20.0. The topological polar surface area (TPSA) is 49.2 Å². The first kappa shape index (κ1) is 25.5. The molecule has 36 heavy (non-hydrogen) atoms. The zero-order chi connectivity index (χ0) is 25.9. The first-order chi connectivity index (χ1) is 17.2. The number of methoxy groups -OCH3 is 2. The summed E-state index contributed by atoms with van der Waals surface area (Å²) < 4.78 is 78.8. The van der Waals surface area contributed by atoms with E-state index in [-0.39, 0.29) is 11.3 Å². The average molecular weight is 522 g/mol. The predicted molar refractivity (Wildman–Crippen MR) is 125 cm³/mol. The van der Waals surface area contributed by atoms with E-state index in [1.165, 1.54) is 26.4 Å². The van der Waals surface area contributed by atoms with Crippen LogP contribution in [0.2, 0.25) is 0 Å². The van der Waals surface area contributed by atoms with Crippen molar-refractivity contribution < 1.29 is 31.4 Å². The van der Waals surface area contributed by atoms with Gasteiger partial charge in [-0.15, -0.1) is 10.2 Å². The summed E-state index contributed by atoms with van der Waals surface area (Å²) in [5, 5.41) is 8.86. The van der Waals surface area contributed by atoms with Gasteiger partial charge in [-0.2, -0.15) is 13.2 Å². The summed E-state index contributed by atoms with van der Waals surface area (Å²) in [5.41, 5.74) is 0.449. The van der Waals surface area contributed by atoms with Gasteiger partial charge in [-0.05, 0) is 59.7 Å². The van der Waals surface area contributed by atoms with Crippen LogP contribution in [0.15, 0.2) is 65.8 Å². The van der Waals surface area contributed by atoms with Gasteiger partial charge >= 0.3 is 6.18 Å². The molecule has 0 spiro atoms. The second kappa shape index (κ2) is 10.6. The molecule has 5 nitrogen and oxygen atoms in total. The molecule has 0 unspecified atom stereocenters. The van der Waals surface area contributed by atoms with Gasteiger partial charge in [0.25, 0.3) is 0 Å². The Kier molecular flexibility index (Phi) is 7.48. The third-order valence-corrected chi connectivity index (χ3v) is 6.31. The number of aromatic nitrogens is 3. The Morgan fingerprint density at radius 1 is 0.861 bits per heavy atom. The monoisotopic (exact) mass is 521 g/mol. The average Bonchev–Trinajstić information content (AvgIpc) is 3.25. The molecule has 188 valence electrons. The summed E-state index contributed by atoms with van der Waals surface area (Å²) in [7, 11) is 3.06. The van der Waals surface area contributed by atoms with Gasteiger partial charge in [-0.3, -0.25) is 4.57 Å². The van der Waals surface area contributed by atoms with Crippen molar-refractivity contribution in [1.29, 1.82) is 0 Å². The normalized spacial score (nSPS) is 11.5. The Morgan fingerprint density at radius 2 is 1.58 bits per heavy atom. The number of hydrogen-bond donors (Lipinski definition) is 0. The molecule has 0 saturated heterocycles. The van der Waals surface area contributed by atoms with Crippen molar-refractivity contribution in [2.75, 3.05) is 14.2 Å². The molecule has 4 rings (SSSR count). The molecule has 0 amide bonds. The quantitative estimate of drug-likeness (QED) is 0.197. The van der Waals surface area contributed by atoms with Gasteiger partial charge < -0.3 is 9.47 Å². The number of rotatable bonds is 8. The summed E-state index contributed by atoms with van der Waals surface area (Å²) in [5.74, 6) is 0.250. The lowest BCUT2D eigenvalue weighted by Gasteiger charge is -2.12. The van der Waals surface area contributed by atoms with E-state index in [4.69, 9.17) is 9.47 Å². The highest BCUT2D eigenvalue weighted by atomic mass is 32.2. The summed E-state index contributed by atoms with van der Waals surface area (Å²) in [6.45, 7) is 0. The third-order valence-electron chi connectivity index (χ3n) is 5.33. The molecule has 0 fully saturated rings. The molecule has 0 aliphatic carbocycles. The molecule has 0 saturated carbocycles. The van der Waals surface area contributed by atoms with Crippen LogP contribution in [-0.4, -0.2) is 29.0 Å². The van der Waals surface area contributed by atoms with Crippen molar-refractivity contribution in [3.05, 3.63) is 94.8 Å². The van der Waals surface area contributed by atoms with Crippen LogP contribution in [0.1, 0.15) is 22.5 Å². The van der Waals surface area contributed by atoms with Gasteiger partial charge in [-0.1, -0.05) is 23.9 Å². The summed E-state index contributed by atoms with van der Waals surface area (Å²) in [4.78, 5) is 0. The van der Waals surface area contributed by atoms with Gasteiger partial charge in [-0.25, -0.2) is 8.78 Å². The van der Waals surface area contributed by atoms with Crippen molar-refractivity contribution in [1.82, 2.24) is 14.8 Å². The number of benzene rings is 3. The third kappa shape index (κ3) is 5.62. The Labute approximate surface area is 207 Å². The van der Waals surface area contributed by atoms with E-state index in [1.54, 1.807) is 28.8 Å². The minimum Gasteiger partial charge on any atom is -0.493 e. The van der Waals surface area contributed by atoms with Crippen LogP contribution in [-0.2, 0) is 18.3 Å². The second-order valence-corrected chi connectivity index (χ2v) is 8.61. The molecule has 0 aliphatic heterocycles. The van der Waals surface area contributed by atoms with Crippen LogP contribution >= 0.6 is 11.8 Å². The van der Waals surface area contributed by atoms with Crippen molar-refractivity contribution in [2.24, 2.45) is 0 Å². The lowest BCUT2D eigenvalue weighted by molar-refractivity contribution is -0.137. The first-order valence-corrected chi connectivity index (χ1v) is 11.6. The Bertz CT molecular complexity index is 1360. The van der Waals surface area contributed by atoms with E-state index in [9.17, 15) is 22.0 Å². The summed E-state index contributed by atoms with van der Waals surface area (Å²) in [6, 6.07) is 13.5. The van der Waals surface area contributed by atoms with Crippen molar-refractivity contribution in [2.45, 2.75) is 23.5 Å². The maximum Gasteiger partial charge on any atom is 0.416 e. The van der Waals surface area contributed by atoms with E-state index in [0.717, 1.165) is 29.5 Å². The number of thioether (sulfide) groups is 1. The van der Waals surface area contributed by atoms with Gasteiger partial charge in [0.05, 0.1) is 19.8 Å². The van der Waals surface area contributed by atoms with Crippen LogP contribution in [0.25, 0.3) is 5.69 Å². The largest absolute Gasteiger partial charge is 0.493 e. The lowest BCUT2D eigenvalue weighted by Crippen LogP contribution is -2.06. The molecule has 1 heterocycles. The first-order valence-electron chi connectivity index (χ1n) is 10.6. The van der Waals surface area contributed by atoms with Crippen LogP contribution < -0.4 is 9.47 Å². The van der Waals surface area contributed by atoms with Gasteiger partial charge in [0.1, 0.15) is 17.5 Å². The highest BCUT2D eigenvalue weighted by Crippen LogP contribution is 2.33. The van der Waals surface area contributed by atoms with E-state index >= 15 is 0 Å². The van der Waals surface area contributed by atoms with Gasteiger partial charge in [0.2, 0.25) is 0 Å². The maximum absolute atomic E-state index is 14.4. The van der Waals surface area contributed by atoms with Crippen LogP contribution in [0.4, 0.5) is 22.0 Å². The highest BCUT2D eigenvalue weighted by molar-refractivity contribution is 7.98. The Balaban J connectivity index is 1.65. The molecule has 0 N–H and O–H groups in total. The molecule has 0 aliphatic rings. The standard InChI is InChI=1S/C25H20F5N3O2S/c1-34-21-10-3-15(11-22(21)35-2)12-23-31-32-24(33(23)19-8-6-18(26)7-9-19)36-14-16-4-5-17(13-20(16)27)25(28,29)30/h3-11,13H,12,14H2,1-2H3. The molecule has 1 aromatic heterocycles. The SMILES string of the molecule is COc1ccc(Cc2nnc(SCc3ccc(C(F)(F)F)cc3F)n2-c2ccc(F)cc2)cc1OC. The zero-order valence-electron chi connectivity index (χ0n) is 19.1. The molecule has 0 bridgehead atoms. The molecular weight excluding hydrogens is 501 g/mol. The fraction of sp³-hybridized carbons (Fsp3) is 0.200. The minimum atomic E-state index is -4.63. The Morgan fingerprint density at radius 3 is 2.22 bits per heavy atom. The van der Waals surface area contributed by atoms with E-state index in [1.807, 2.05) is 6.07 Å². The van der Waals surface area contributed by atoms with Crippen LogP contribution in [0.5, 0.6) is 11.5 Å². The molecular formula is C25H20F5N3O2S. The number of alkyl halides is 3. The molecule has 11 heteroatoms. The van der Waals surface area contributed by atoms with Crippen molar-refractivity contribution in [3.63, 3.8) is 0 Å². The number of halogens is 5. The smallest absolute Gasteiger partial charge is 0.416 e. The van der Waals surface area contributed by atoms with Gasteiger partial charge in [0.15, 0.2) is 16.7 Å². The van der Waals surface area contributed by atoms with Crippen molar-refractivity contribution >= 4 is 11.8 Å². The fourth-order valence-electron chi connectivity index (χ4n) is 3.51. The second-order valence-electron chi connectivity index (χ2n) is 7.67. The van der Waals surface area contributed by atoms with Gasteiger partial charge in [0, 0.05) is 17.9 Å². The predicted octanol–water partition coefficient (Wildman–Crippen LogP) is 6.46. The molecule has 3 aromatic carbocycles. The summed E-state index contributed by atoms with van der Waals surface area (Å²) >= 11 is 1.10. The van der Waals surface area contributed by atoms with E-state index < -0.39 is 23.4 Å². The molecule has 0 atom stereocenters. The molecule has 4 aromatic rings. The highest BCUT2D eigenvalue weighted by Gasteiger charge is 2.31. The molecule has 0 radical (unpaired) electrons. The lowest BCUT2D eigenvalue weighted by atomic mass is 10.1. The van der Waals surface area contributed by atoms with Crippen molar-refractivity contribution in [3.8, 4) is 17.2 Å². The number of ether oxygens (including phenoxy) is 2.